The fourth-order valence-electron chi connectivity index (χ4n) is 3.69. The second-order valence-electron chi connectivity index (χ2n) is 7.16. The van der Waals surface area contributed by atoms with Crippen LogP contribution in [0.25, 0.3) is 0 Å². The van der Waals surface area contributed by atoms with E-state index in [2.05, 4.69) is 19.1 Å². The van der Waals surface area contributed by atoms with Crippen LogP contribution in [0.3, 0.4) is 0 Å². The zero-order chi connectivity index (χ0) is 19.7. The first kappa shape index (κ1) is 19.4. The van der Waals surface area contributed by atoms with Crippen LogP contribution in [0.2, 0.25) is 0 Å². The highest BCUT2D eigenvalue weighted by atomic mass is 32.2. The highest BCUT2D eigenvalue weighted by molar-refractivity contribution is 7.89. The number of nitrogens with zero attached hydrogens (tertiary/aromatic N) is 1. The highest BCUT2D eigenvalue weighted by Gasteiger charge is 2.35. The summed E-state index contributed by atoms with van der Waals surface area (Å²) in [4.78, 5) is 14.9. The SMILES string of the molecule is COc1ccc(S(N)(=O)=O)cc1C(=O)N1CCC[C@](C)(c2ccccc2)C1. The maximum Gasteiger partial charge on any atom is 0.257 e. The Hall–Kier alpha value is -2.38. The molecule has 0 spiro atoms. The summed E-state index contributed by atoms with van der Waals surface area (Å²) in [7, 11) is -2.46. The average Bonchev–Trinajstić information content (AvgIpc) is 2.67. The number of hydrogen-bond acceptors (Lipinski definition) is 4. The Bertz CT molecular complexity index is 944. The molecule has 1 heterocycles. The van der Waals surface area contributed by atoms with Crippen molar-refractivity contribution in [2.75, 3.05) is 20.2 Å². The van der Waals surface area contributed by atoms with Gasteiger partial charge in [0.15, 0.2) is 0 Å². The van der Waals surface area contributed by atoms with Crippen molar-refractivity contribution in [2.45, 2.75) is 30.1 Å². The lowest BCUT2D eigenvalue weighted by Crippen LogP contribution is -2.47. The Kier molecular flexibility index (Phi) is 5.26. The number of rotatable bonds is 4. The summed E-state index contributed by atoms with van der Waals surface area (Å²) in [6.07, 6.45) is 1.85. The first-order valence-corrected chi connectivity index (χ1v) is 10.3. The summed E-state index contributed by atoms with van der Waals surface area (Å²) < 4.78 is 28.6. The summed E-state index contributed by atoms with van der Waals surface area (Å²) in [5.41, 5.74) is 1.24. The molecule has 0 aromatic heterocycles. The molecule has 0 saturated carbocycles. The van der Waals surface area contributed by atoms with Crippen molar-refractivity contribution in [1.82, 2.24) is 4.90 Å². The number of methoxy groups -OCH3 is 1. The smallest absolute Gasteiger partial charge is 0.257 e. The number of ether oxygens (including phenoxy) is 1. The number of piperidine rings is 1. The molecule has 0 aliphatic carbocycles. The van der Waals surface area contributed by atoms with Crippen molar-refractivity contribution < 1.29 is 17.9 Å². The van der Waals surface area contributed by atoms with Crippen LogP contribution in [0, 0.1) is 0 Å². The van der Waals surface area contributed by atoms with E-state index in [4.69, 9.17) is 9.88 Å². The van der Waals surface area contributed by atoms with E-state index in [0.29, 0.717) is 18.8 Å². The number of benzene rings is 2. The summed E-state index contributed by atoms with van der Waals surface area (Å²) in [5.74, 6) is 0.0820. The second-order valence-corrected chi connectivity index (χ2v) is 8.73. The van der Waals surface area contributed by atoms with E-state index in [0.717, 1.165) is 12.8 Å². The molecule has 3 rings (SSSR count). The molecule has 144 valence electrons. The van der Waals surface area contributed by atoms with E-state index in [1.54, 1.807) is 4.90 Å². The molecule has 1 fully saturated rings. The van der Waals surface area contributed by atoms with E-state index in [-0.39, 0.29) is 21.8 Å². The van der Waals surface area contributed by atoms with Crippen LogP contribution in [0.5, 0.6) is 5.75 Å². The van der Waals surface area contributed by atoms with E-state index < -0.39 is 10.0 Å². The minimum atomic E-state index is -3.91. The van der Waals surface area contributed by atoms with Crippen molar-refractivity contribution in [2.24, 2.45) is 5.14 Å². The quantitative estimate of drug-likeness (QED) is 0.871. The van der Waals surface area contributed by atoms with Gasteiger partial charge in [0.25, 0.3) is 5.91 Å². The Morgan fingerprint density at radius 2 is 1.89 bits per heavy atom. The molecule has 0 unspecified atom stereocenters. The molecule has 1 amide bonds. The van der Waals surface area contributed by atoms with Crippen LogP contribution in [0.1, 0.15) is 35.7 Å². The molecule has 2 aromatic carbocycles. The van der Waals surface area contributed by atoms with Crippen molar-refractivity contribution in [3.8, 4) is 5.75 Å². The molecule has 1 aliphatic heterocycles. The van der Waals surface area contributed by atoms with Gasteiger partial charge in [-0.25, -0.2) is 13.6 Å². The zero-order valence-electron chi connectivity index (χ0n) is 15.5. The number of nitrogens with two attached hydrogens (primary N) is 1. The molecule has 0 radical (unpaired) electrons. The minimum Gasteiger partial charge on any atom is -0.496 e. The first-order valence-electron chi connectivity index (χ1n) is 8.80. The summed E-state index contributed by atoms with van der Waals surface area (Å²) in [6.45, 7) is 3.32. The molecule has 7 heteroatoms. The van der Waals surface area contributed by atoms with Crippen molar-refractivity contribution in [3.05, 3.63) is 59.7 Å². The van der Waals surface area contributed by atoms with Gasteiger partial charge in [-0.15, -0.1) is 0 Å². The molecule has 2 aromatic rings. The Labute approximate surface area is 160 Å². The van der Waals surface area contributed by atoms with Gasteiger partial charge in [0.1, 0.15) is 5.75 Å². The van der Waals surface area contributed by atoms with Crippen LogP contribution < -0.4 is 9.88 Å². The second kappa shape index (κ2) is 7.32. The summed E-state index contributed by atoms with van der Waals surface area (Å²) in [6, 6.07) is 14.2. The molecule has 1 aliphatic rings. The van der Waals surface area contributed by atoms with Crippen molar-refractivity contribution in [1.29, 1.82) is 0 Å². The lowest BCUT2D eigenvalue weighted by molar-refractivity contribution is 0.0647. The standard InChI is InChI=1S/C20H24N2O4S/c1-20(15-7-4-3-5-8-15)11-6-12-22(14-20)19(23)17-13-16(27(21,24)25)9-10-18(17)26-2/h3-5,7-10,13H,6,11-12,14H2,1-2H3,(H2,21,24,25)/t20-/m0/s1. The largest absolute Gasteiger partial charge is 0.496 e. The van der Waals surface area contributed by atoms with Crippen LogP contribution in [0.4, 0.5) is 0 Å². The van der Waals surface area contributed by atoms with Gasteiger partial charge in [0, 0.05) is 18.5 Å². The number of amides is 1. The average molecular weight is 388 g/mol. The topological polar surface area (TPSA) is 89.7 Å². The third-order valence-electron chi connectivity index (χ3n) is 5.18. The summed E-state index contributed by atoms with van der Waals surface area (Å²) >= 11 is 0. The van der Waals surface area contributed by atoms with E-state index in [1.807, 2.05) is 18.2 Å². The Balaban J connectivity index is 1.94. The van der Waals surface area contributed by atoms with Gasteiger partial charge >= 0.3 is 0 Å². The van der Waals surface area contributed by atoms with Gasteiger partial charge in [-0.05, 0) is 36.6 Å². The highest BCUT2D eigenvalue weighted by Crippen LogP contribution is 2.35. The fourth-order valence-corrected chi connectivity index (χ4v) is 4.23. The number of hydrogen-bond donors (Lipinski definition) is 1. The maximum absolute atomic E-state index is 13.2. The van der Waals surface area contributed by atoms with Crippen LogP contribution in [0.15, 0.2) is 53.4 Å². The molecule has 1 saturated heterocycles. The number of carbonyl (C=O) groups excluding carboxylic acids is 1. The fraction of sp³-hybridized carbons (Fsp3) is 0.350. The number of carbonyl (C=O) groups is 1. The van der Waals surface area contributed by atoms with Gasteiger partial charge in [-0.3, -0.25) is 4.79 Å². The van der Waals surface area contributed by atoms with Crippen LogP contribution >= 0.6 is 0 Å². The van der Waals surface area contributed by atoms with Gasteiger partial charge in [0.05, 0.1) is 17.6 Å². The summed E-state index contributed by atoms with van der Waals surface area (Å²) in [5, 5.41) is 5.22. The first-order chi connectivity index (χ1) is 12.7. The molecule has 1 atom stereocenters. The van der Waals surface area contributed by atoms with Crippen molar-refractivity contribution in [3.63, 3.8) is 0 Å². The number of primary sulfonamides is 1. The lowest BCUT2D eigenvalue weighted by Gasteiger charge is -2.41. The van der Waals surface area contributed by atoms with E-state index >= 15 is 0 Å². The predicted molar refractivity (Wildman–Crippen MR) is 103 cm³/mol. The van der Waals surface area contributed by atoms with Crippen LogP contribution in [-0.4, -0.2) is 39.4 Å². The molecule has 6 nitrogen and oxygen atoms in total. The monoisotopic (exact) mass is 388 g/mol. The van der Waals surface area contributed by atoms with Crippen molar-refractivity contribution >= 4 is 15.9 Å². The normalized spacial score (nSPS) is 20.3. The molecular weight excluding hydrogens is 364 g/mol. The predicted octanol–water partition coefficient (Wildman–Crippen LogP) is 2.54. The van der Waals surface area contributed by atoms with E-state index in [1.165, 1.54) is 30.9 Å². The molecule has 2 N–H and O–H groups in total. The van der Waals surface area contributed by atoms with Crippen LogP contribution in [-0.2, 0) is 15.4 Å². The lowest BCUT2D eigenvalue weighted by atomic mass is 9.76. The third kappa shape index (κ3) is 3.99. The van der Waals surface area contributed by atoms with Gasteiger partial charge in [0.2, 0.25) is 10.0 Å². The number of likely N-dealkylation sites (tertiary alicyclic amines) is 1. The molecular formula is C20H24N2O4S. The maximum atomic E-state index is 13.2. The van der Waals surface area contributed by atoms with Gasteiger partial charge in [-0.2, -0.15) is 0 Å². The third-order valence-corrected chi connectivity index (χ3v) is 6.10. The molecule has 0 bridgehead atoms. The molecule has 27 heavy (non-hydrogen) atoms. The number of sulfonamides is 1. The minimum absolute atomic E-state index is 0.102. The Morgan fingerprint density at radius 1 is 1.19 bits per heavy atom. The van der Waals surface area contributed by atoms with Gasteiger partial charge < -0.3 is 9.64 Å². The van der Waals surface area contributed by atoms with Gasteiger partial charge in [-0.1, -0.05) is 37.3 Å². The Morgan fingerprint density at radius 3 is 2.52 bits per heavy atom. The van der Waals surface area contributed by atoms with E-state index in [9.17, 15) is 13.2 Å². The zero-order valence-corrected chi connectivity index (χ0v) is 16.3.